The smallest absolute Gasteiger partial charge is 0.252 e. The van der Waals surface area contributed by atoms with Crippen molar-refractivity contribution in [2.24, 2.45) is 5.92 Å². The Balaban J connectivity index is 1.72. The Kier molecular flexibility index (Phi) is 5.78. The average molecular weight is 330 g/mol. The lowest BCUT2D eigenvalue weighted by molar-refractivity contribution is -0.124. The van der Waals surface area contributed by atoms with Crippen molar-refractivity contribution >= 4 is 27.3 Å². The van der Waals surface area contributed by atoms with Gasteiger partial charge in [0, 0.05) is 26.1 Å². The van der Waals surface area contributed by atoms with Gasteiger partial charge in [-0.15, -0.1) is 11.3 Å². The number of nitrogens with one attached hydrogen (secondary N) is 1. The minimum absolute atomic E-state index is 0.122. The molecule has 0 aromatic carbocycles. The summed E-state index contributed by atoms with van der Waals surface area (Å²) in [5.41, 5.74) is 0. The van der Waals surface area contributed by atoms with Gasteiger partial charge in [-0.25, -0.2) is 12.7 Å². The van der Waals surface area contributed by atoms with Crippen LogP contribution in [0.25, 0.3) is 0 Å². The normalized spacial score (nSPS) is 16.5. The number of thiophene rings is 1. The Labute approximate surface area is 130 Å². The first-order chi connectivity index (χ1) is 10.0. The summed E-state index contributed by atoms with van der Waals surface area (Å²) in [6.45, 7) is 0.935. The van der Waals surface area contributed by atoms with Crippen LogP contribution in [0.15, 0.2) is 21.7 Å². The molecule has 1 amide bonds. The molecule has 1 saturated carbocycles. The first kappa shape index (κ1) is 16.5. The van der Waals surface area contributed by atoms with Crippen molar-refractivity contribution in [3.63, 3.8) is 0 Å². The number of sulfonamides is 1. The summed E-state index contributed by atoms with van der Waals surface area (Å²) >= 11 is 1.22. The van der Waals surface area contributed by atoms with Crippen LogP contribution in [0.2, 0.25) is 0 Å². The molecule has 1 aromatic heterocycles. The third-order valence-corrected chi connectivity index (χ3v) is 7.06. The second-order valence-corrected chi connectivity index (χ2v) is 8.60. The van der Waals surface area contributed by atoms with Crippen LogP contribution in [0.1, 0.15) is 32.1 Å². The van der Waals surface area contributed by atoms with Crippen LogP contribution in [0.5, 0.6) is 0 Å². The maximum atomic E-state index is 12.2. The summed E-state index contributed by atoms with van der Waals surface area (Å²) in [5.74, 6) is 0.286. The van der Waals surface area contributed by atoms with Gasteiger partial charge >= 0.3 is 0 Å². The second kappa shape index (κ2) is 7.38. The molecule has 5 nitrogen and oxygen atoms in total. The van der Waals surface area contributed by atoms with Crippen LogP contribution in [0.3, 0.4) is 0 Å². The van der Waals surface area contributed by atoms with Gasteiger partial charge in [0.2, 0.25) is 5.91 Å². The molecule has 1 aliphatic carbocycles. The van der Waals surface area contributed by atoms with Crippen LogP contribution < -0.4 is 5.32 Å². The molecular weight excluding hydrogens is 308 g/mol. The Hall–Kier alpha value is -0.920. The molecule has 1 heterocycles. The predicted octanol–water partition coefficient (Wildman–Crippen LogP) is 2.07. The van der Waals surface area contributed by atoms with Crippen LogP contribution in [-0.2, 0) is 14.8 Å². The van der Waals surface area contributed by atoms with E-state index in [4.69, 9.17) is 0 Å². The molecule has 21 heavy (non-hydrogen) atoms. The van der Waals surface area contributed by atoms with E-state index in [1.54, 1.807) is 24.6 Å². The number of nitrogens with zero attached hydrogens (tertiary/aromatic N) is 1. The summed E-state index contributed by atoms with van der Waals surface area (Å²) < 4.78 is 26.1. The molecule has 7 heteroatoms. The van der Waals surface area contributed by atoms with E-state index in [1.165, 1.54) is 15.6 Å². The Morgan fingerprint density at radius 2 is 2.14 bits per heavy atom. The highest BCUT2D eigenvalue weighted by Crippen LogP contribution is 2.24. The van der Waals surface area contributed by atoms with Gasteiger partial charge in [0.25, 0.3) is 10.0 Å². The van der Waals surface area contributed by atoms with Crippen molar-refractivity contribution in [2.75, 3.05) is 20.1 Å². The van der Waals surface area contributed by atoms with E-state index in [9.17, 15) is 13.2 Å². The van der Waals surface area contributed by atoms with Crippen molar-refractivity contribution in [1.29, 1.82) is 0 Å². The third-order valence-electron chi connectivity index (χ3n) is 3.83. The van der Waals surface area contributed by atoms with Gasteiger partial charge in [0.15, 0.2) is 0 Å². The van der Waals surface area contributed by atoms with E-state index < -0.39 is 10.0 Å². The lowest BCUT2D eigenvalue weighted by Crippen LogP contribution is -2.33. The van der Waals surface area contributed by atoms with Crippen molar-refractivity contribution in [1.82, 2.24) is 9.62 Å². The fourth-order valence-corrected chi connectivity index (χ4v) is 4.94. The summed E-state index contributed by atoms with van der Waals surface area (Å²) in [5, 5.41) is 4.66. The number of carbonyl (C=O) groups excluding carboxylic acids is 1. The van der Waals surface area contributed by atoms with Crippen molar-refractivity contribution in [3.8, 4) is 0 Å². The quantitative estimate of drug-likeness (QED) is 0.778. The maximum Gasteiger partial charge on any atom is 0.252 e. The van der Waals surface area contributed by atoms with Crippen LogP contribution in [0, 0.1) is 5.92 Å². The van der Waals surface area contributed by atoms with Gasteiger partial charge in [0.05, 0.1) is 0 Å². The first-order valence-electron chi connectivity index (χ1n) is 7.29. The maximum absolute atomic E-state index is 12.2. The standard InChI is InChI=1S/C14H22N2O3S2/c1-16(21(18,19)13-8-4-11-20-13)10-5-9-15-14(17)12-6-2-3-7-12/h4,8,11-12H,2-3,5-7,9-10H2,1H3,(H,15,17). The number of carbonyl (C=O) groups is 1. The molecule has 1 aromatic rings. The number of rotatable bonds is 7. The summed E-state index contributed by atoms with van der Waals surface area (Å²) in [6, 6.07) is 3.34. The van der Waals surface area contributed by atoms with Crippen LogP contribution in [-0.4, -0.2) is 38.8 Å². The molecule has 1 N–H and O–H groups in total. The summed E-state index contributed by atoms with van der Waals surface area (Å²) in [6.07, 6.45) is 4.87. The Morgan fingerprint density at radius 3 is 2.76 bits per heavy atom. The van der Waals surface area contributed by atoms with Gasteiger partial charge in [-0.3, -0.25) is 4.79 Å². The molecule has 0 aliphatic heterocycles. The zero-order valence-electron chi connectivity index (χ0n) is 12.2. The minimum Gasteiger partial charge on any atom is -0.356 e. The van der Waals surface area contributed by atoms with Crippen molar-refractivity contribution < 1.29 is 13.2 Å². The zero-order chi connectivity index (χ0) is 15.3. The minimum atomic E-state index is -3.37. The molecule has 0 saturated heterocycles. The SMILES string of the molecule is CN(CCCNC(=O)C1CCCC1)S(=O)(=O)c1cccs1. The molecule has 0 unspecified atom stereocenters. The van der Waals surface area contributed by atoms with Gasteiger partial charge in [-0.2, -0.15) is 0 Å². The molecule has 0 radical (unpaired) electrons. The van der Waals surface area contributed by atoms with Crippen molar-refractivity contribution in [2.45, 2.75) is 36.3 Å². The van der Waals surface area contributed by atoms with E-state index in [-0.39, 0.29) is 11.8 Å². The highest BCUT2D eigenvalue weighted by Gasteiger charge is 2.23. The fourth-order valence-electron chi connectivity index (χ4n) is 2.53. The van der Waals surface area contributed by atoms with Gasteiger partial charge in [0.1, 0.15) is 4.21 Å². The monoisotopic (exact) mass is 330 g/mol. The number of hydrogen-bond acceptors (Lipinski definition) is 4. The third kappa shape index (κ3) is 4.28. The lowest BCUT2D eigenvalue weighted by Gasteiger charge is -2.16. The average Bonchev–Trinajstić information content (AvgIpc) is 3.15. The Bertz CT molecular complexity index is 549. The Morgan fingerprint density at radius 1 is 1.43 bits per heavy atom. The van der Waals surface area contributed by atoms with E-state index in [0.29, 0.717) is 23.7 Å². The number of hydrogen-bond donors (Lipinski definition) is 1. The fraction of sp³-hybridized carbons (Fsp3) is 0.643. The molecule has 118 valence electrons. The second-order valence-electron chi connectivity index (χ2n) is 5.38. The first-order valence-corrected chi connectivity index (χ1v) is 9.61. The molecular formula is C14H22N2O3S2. The van der Waals surface area contributed by atoms with E-state index in [1.807, 2.05) is 0 Å². The van der Waals surface area contributed by atoms with Gasteiger partial charge in [-0.1, -0.05) is 18.9 Å². The topological polar surface area (TPSA) is 66.5 Å². The molecule has 1 fully saturated rings. The van der Waals surface area contributed by atoms with Crippen LogP contribution >= 0.6 is 11.3 Å². The zero-order valence-corrected chi connectivity index (χ0v) is 13.9. The largest absolute Gasteiger partial charge is 0.356 e. The highest BCUT2D eigenvalue weighted by atomic mass is 32.2. The molecule has 1 aliphatic rings. The molecule has 2 rings (SSSR count). The van der Waals surface area contributed by atoms with E-state index in [2.05, 4.69) is 5.32 Å². The van der Waals surface area contributed by atoms with Crippen molar-refractivity contribution in [3.05, 3.63) is 17.5 Å². The lowest BCUT2D eigenvalue weighted by atomic mass is 10.1. The van der Waals surface area contributed by atoms with Gasteiger partial charge in [-0.05, 0) is 30.7 Å². The van der Waals surface area contributed by atoms with Gasteiger partial charge < -0.3 is 5.32 Å². The van der Waals surface area contributed by atoms with Crippen LogP contribution in [0.4, 0.5) is 0 Å². The van der Waals surface area contributed by atoms with E-state index in [0.717, 1.165) is 25.7 Å². The number of amides is 1. The predicted molar refractivity (Wildman–Crippen MR) is 83.7 cm³/mol. The molecule has 0 spiro atoms. The molecule has 0 atom stereocenters. The highest BCUT2D eigenvalue weighted by molar-refractivity contribution is 7.91. The van der Waals surface area contributed by atoms with E-state index >= 15 is 0 Å². The molecule has 0 bridgehead atoms. The summed E-state index contributed by atoms with van der Waals surface area (Å²) in [7, 11) is -1.80. The summed E-state index contributed by atoms with van der Waals surface area (Å²) in [4.78, 5) is 11.8.